The molecular formula is C16H24O3. The molecule has 1 atom stereocenters. The number of esters is 1. The van der Waals surface area contributed by atoms with Crippen LogP contribution in [-0.2, 0) is 14.3 Å². The van der Waals surface area contributed by atoms with E-state index in [0.29, 0.717) is 13.0 Å². The second kappa shape index (κ2) is 10.3. The zero-order valence-electron chi connectivity index (χ0n) is 12.0. The third-order valence-corrected chi connectivity index (χ3v) is 2.76. The highest BCUT2D eigenvalue weighted by Crippen LogP contribution is 2.15. The second-order valence-corrected chi connectivity index (χ2v) is 4.56. The molecule has 0 amide bonds. The lowest BCUT2D eigenvalue weighted by molar-refractivity contribution is -0.145. The van der Waals surface area contributed by atoms with Crippen LogP contribution < -0.4 is 0 Å². The first kappa shape index (κ1) is 17.4. The summed E-state index contributed by atoms with van der Waals surface area (Å²) in [4.78, 5) is 22.3. The molecule has 0 bridgehead atoms. The molecule has 1 unspecified atom stereocenters. The molecule has 0 spiro atoms. The normalized spacial score (nSPS) is 12.6. The first-order chi connectivity index (χ1) is 9.03. The third kappa shape index (κ3) is 9.00. The zero-order chi connectivity index (χ0) is 14.7. The minimum absolute atomic E-state index is 0.155. The van der Waals surface area contributed by atoms with Crippen LogP contribution in [0.5, 0.6) is 0 Å². The minimum Gasteiger partial charge on any atom is -0.466 e. The first-order valence-corrected chi connectivity index (χ1v) is 6.60. The number of allylic oxidation sites excluding steroid dienone is 4. The number of carbonyl (C=O) groups is 2. The van der Waals surface area contributed by atoms with Gasteiger partial charge in [-0.25, -0.2) is 0 Å². The van der Waals surface area contributed by atoms with Gasteiger partial charge in [0.05, 0.1) is 13.0 Å². The van der Waals surface area contributed by atoms with Crippen molar-refractivity contribution >= 4 is 12.3 Å². The van der Waals surface area contributed by atoms with E-state index < -0.39 is 0 Å². The van der Waals surface area contributed by atoms with Crippen molar-refractivity contribution in [1.29, 1.82) is 0 Å². The lowest BCUT2D eigenvalue weighted by atomic mass is 9.97. The molecule has 0 aliphatic rings. The SMILES string of the molecule is C=CC(=C)CC/C=C(\C)CC(C=O)CC(=O)OCC. The molecule has 0 heterocycles. The number of ether oxygens (including phenoxy) is 1. The molecule has 0 aromatic rings. The zero-order valence-corrected chi connectivity index (χ0v) is 12.0. The van der Waals surface area contributed by atoms with Crippen LogP contribution in [0.2, 0.25) is 0 Å². The van der Waals surface area contributed by atoms with E-state index in [9.17, 15) is 9.59 Å². The monoisotopic (exact) mass is 264 g/mol. The van der Waals surface area contributed by atoms with Crippen molar-refractivity contribution in [3.8, 4) is 0 Å². The van der Waals surface area contributed by atoms with Gasteiger partial charge in [-0.3, -0.25) is 4.79 Å². The highest BCUT2D eigenvalue weighted by atomic mass is 16.5. The molecule has 0 aromatic heterocycles. The van der Waals surface area contributed by atoms with Gasteiger partial charge in [-0.15, -0.1) is 0 Å². The largest absolute Gasteiger partial charge is 0.466 e. The van der Waals surface area contributed by atoms with Crippen molar-refractivity contribution < 1.29 is 14.3 Å². The highest BCUT2D eigenvalue weighted by Gasteiger charge is 2.14. The highest BCUT2D eigenvalue weighted by molar-refractivity contribution is 5.73. The molecule has 0 rings (SSSR count). The van der Waals surface area contributed by atoms with Gasteiger partial charge in [0.2, 0.25) is 0 Å². The summed E-state index contributed by atoms with van der Waals surface area (Å²) < 4.78 is 4.84. The Balaban J connectivity index is 4.18. The predicted octanol–water partition coefficient (Wildman–Crippen LogP) is 3.61. The van der Waals surface area contributed by atoms with Gasteiger partial charge < -0.3 is 9.53 Å². The molecule has 3 nitrogen and oxygen atoms in total. The Kier molecular flexibility index (Phi) is 9.41. The average Bonchev–Trinajstić information content (AvgIpc) is 2.37. The number of aldehydes is 1. The summed E-state index contributed by atoms with van der Waals surface area (Å²) in [5, 5.41) is 0. The van der Waals surface area contributed by atoms with Gasteiger partial charge in [-0.1, -0.05) is 36.5 Å². The number of hydrogen-bond donors (Lipinski definition) is 0. The van der Waals surface area contributed by atoms with Crippen molar-refractivity contribution in [1.82, 2.24) is 0 Å². The molecule has 0 saturated heterocycles. The van der Waals surface area contributed by atoms with E-state index in [1.807, 2.05) is 6.92 Å². The number of hydrogen-bond acceptors (Lipinski definition) is 3. The standard InChI is InChI=1S/C16H24O3/c1-5-13(3)8-7-9-14(4)10-15(12-17)11-16(18)19-6-2/h5,9,12,15H,1,3,6-8,10-11H2,2,4H3/b14-9+. The van der Waals surface area contributed by atoms with Crippen molar-refractivity contribution in [2.45, 2.75) is 39.5 Å². The Labute approximate surface area is 116 Å². The van der Waals surface area contributed by atoms with Crippen molar-refractivity contribution in [3.63, 3.8) is 0 Å². The van der Waals surface area contributed by atoms with Gasteiger partial charge in [0, 0.05) is 5.92 Å². The van der Waals surface area contributed by atoms with Gasteiger partial charge in [0.25, 0.3) is 0 Å². The van der Waals surface area contributed by atoms with E-state index in [4.69, 9.17) is 4.74 Å². The van der Waals surface area contributed by atoms with Crippen LogP contribution in [0.15, 0.2) is 36.5 Å². The van der Waals surface area contributed by atoms with Crippen LogP contribution >= 0.6 is 0 Å². The van der Waals surface area contributed by atoms with Crippen molar-refractivity contribution in [2.75, 3.05) is 6.61 Å². The van der Waals surface area contributed by atoms with E-state index >= 15 is 0 Å². The fraction of sp³-hybridized carbons (Fsp3) is 0.500. The summed E-state index contributed by atoms with van der Waals surface area (Å²) in [5.41, 5.74) is 2.11. The first-order valence-electron chi connectivity index (χ1n) is 6.60. The molecule has 3 heteroatoms. The molecule has 0 saturated carbocycles. The van der Waals surface area contributed by atoms with E-state index in [0.717, 1.165) is 30.3 Å². The van der Waals surface area contributed by atoms with E-state index in [2.05, 4.69) is 19.2 Å². The quantitative estimate of drug-likeness (QED) is 0.262. The van der Waals surface area contributed by atoms with Crippen LogP contribution in [0.4, 0.5) is 0 Å². The fourth-order valence-corrected chi connectivity index (χ4v) is 1.71. The van der Waals surface area contributed by atoms with Gasteiger partial charge in [0.1, 0.15) is 6.29 Å². The molecule has 0 aromatic carbocycles. The molecule has 0 N–H and O–H groups in total. The fourth-order valence-electron chi connectivity index (χ4n) is 1.71. The topological polar surface area (TPSA) is 43.4 Å². The summed E-state index contributed by atoms with van der Waals surface area (Å²) in [6.07, 6.45) is 7.16. The summed E-state index contributed by atoms with van der Waals surface area (Å²) in [6.45, 7) is 11.6. The Morgan fingerprint density at radius 2 is 2.05 bits per heavy atom. The molecule has 0 aliphatic carbocycles. The Morgan fingerprint density at radius 1 is 1.37 bits per heavy atom. The molecule has 19 heavy (non-hydrogen) atoms. The summed E-state index contributed by atoms with van der Waals surface area (Å²) in [7, 11) is 0. The van der Waals surface area contributed by atoms with Crippen LogP contribution in [0.3, 0.4) is 0 Å². The second-order valence-electron chi connectivity index (χ2n) is 4.56. The number of rotatable bonds is 10. The molecule has 0 radical (unpaired) electrons. The maximum atomic E-state index is 11.3. The van der Waals surface area contributed by atoms with Gasteiger partial charge in [-0.2, -0.15) is 0 Å². The Morgan fingerprint density at radius 3 is 2.58 bits per heavy atom. The van der Waals surface area contributed by atoms with Crippen LogP contribution in [0.25, 0.3) is 0 Å². The Hall–Kier alpha value is -1.64. The van der Waals surface area contributed by atoms with E-state index in [1.54, 1.807) is 13.0 Å². The van der Waals surface area contributed by atoms with Gasteiger partial charge >= 0.3 is 5.97 Å². The van der Waals surface area contributed by atoms with Crippen molar-refractivity contribution in [3.05, 3.63) is 36.5 Å². The van der Waals surface area contributed by atoms with E-state index in [1.165, 1.54) is 0 Å². The van der Waals surface area contributed by atoms with Crippen LogP contribution in [0, 0.1) is 5.92 Å². The molecule has 0 fully saturated rings. The summed E-state index contributed by atoms with van der Waals surface area (Å²) in [6, 6.07) is 0. The van der Waals surface area contributed by atoms with Gasteiger partial charge in [-0.05, 0) is 33.1 Å². The third-order valence-electron chi connectivity index (χ3n) is 2.76. The molecule has 106 valence electrons. The Bertz CT molecular complexity index is 353. The average molecular weight is 264 g/mol. The summed E-state index contributed by atoms with van der Waals surface area (Å²) in [5.74, 6) is -0.606. The molecule has 0 aliphatic heterocycles. The lowest BCUT2D eigenvalue weighted by Gasteiger charge is -2.10. The maximum absolute atomic E-state index is 11.3. The van der Waals surface area contributed by atoms with E-state index in [-0.39, 0.29) is 18.3 Å². The molecular weight excluding hydrogens is 240 g/mol. The van der Waals surface area contributed by atoms with Gasteiger partial charge in [0.15, 0.2) is 0 Å². The number of carbonyl (C=O) groups excluding carboxylic acids is 2. The lowest BCUT2D eigenvalue weighted by Crippen LogP contribution is -2.13. The smallest absolute Gasteiger partial charge is 0.306 e. The minimum atomic E-state index is -0.313. The summed E-state index contributed by atoms with van der Waals surface area (Å²) >= 11 is 0. The predicted molar refractivity (Wildman–Crippen MR) is 77.7 cm³/mol. The van der Waals surface area contributed by atoms with Crippen LogP contribution in [-0.4, -0.2) is 18.9 Å². The van der Waals surface area contributed by atoms with Crippen molar-refractivity contribution in [2.24, 2.45) is 5.92 Å². The maximum Gasteiger partial charge on any atom is 0.306 e. The van der Waals surface area contributed by atoms with Crippen LogP contribution in [0.1, 0.15) is 39.5 Å².